The second-order valence-corrected chi connectivity index (χ2v) is 7.22. The van der Waals surface area contributed by atoms with Gasteiger partial charge < -0.3 is 15.0 Å². The van der Waals surface area contributed by atoms with Crippen LogP contribution >= 0.6 is 0 Å². The van der Waals surface area contributed by atoms with Gasteiger partial charge in [0.25, 0.3) is 0 Å². The Balaban J connectivity index is 1.75. The van der Waals surface area contributed by atoms with Gasteiger partial charge in [-0.3, -0.25) is 4.90 Å². The highest BCUT2D eigenvalue weighted by Crippen LogP contribution is 2.21. The molecule has 1 atom stereocenters. The molecule has 0 spiro atoms. The molecule has 0 aliphatic carbocycles. The summed E-state index contributed by atoms with van der Waals surface area (Å²) in [6.45, 7) is 14.6. The van der Waals surface area contributed by atoms with Gasteiger partial charge >= 0.3 is 0 Å². The average Bonchev–Trinajstić information content (AvgIpc) is 2.46. The maximum atomic E-state index is 5.46. The average molecular weight is 283 g/mol. The zero-order valence-electron chi connectivity index (χ0n) is 13.8. The summed E-state index contributed by atoms with van der Waals surface area (Å²) in [4.78, 5) is 5.01. The number of ether oxygens (including phenoxy) is 1. The molecule has 0 saturated carbocycles. The second kappa shape index (κ2) is 7.21. The highest BCUT2D eigenvalue weighted by atomic mass is 16.5. The van der Waals surface area contributed by atoms with Gasteiger partial charge in [-0.1, -0.05) is 0 Å². The zero-order valence-corrected chi connectivity index (χ0v) is 13.8. The highest BCUT2D eigenvalue weighted by Gasteiger charge is 2.29. The lowest BCUT2D eigenvalue weighted by molar-refractivity contribution is -0.0110. The van der Waals surface area contributed by atoms with E-state index in [0.29, 0.717) is 6.04 Å². The molecule has 20 heavy (non-hydrogen) atoms. The summed E-state index contributed by atoms with van der Waals surface area (Å²) in [5.74, 6) is 0.840. The molecule has 4 heteroatoms. The lowest BCUT2D eigenvalue weighted by Gasteiger charge is -2.42. The number of hydrogen-bond donors (Lipinski definition) is 1. The summed E-state index contributed by atoms with van der Waals surface area (Å²) in [7, 11) is 2.23. The molecule has 2 heterocycles. The minimum Gasteiger partial charge on any atom is -0.379 e. The van der Waals surface area contributed by atoms with Gasteiger partial charge in [-0.25, -0.2) is 0 Å². The van der Waals surface area contributed by atoms with Crippen molar-refractivity contribution in [2.24, 2.45) is 5.92 Å². The number of likely N-dealkylation sites (tertiary alicyclic amines) is 1. The SMILES string of the molecule is CC(NCC(C)(C)N1CCOCC1)C1CCN(C)CC1. The van der Waals surface area contributed by atoms with Crippen LogP contribution in [0.4, 0.5) is 0 Å². The quantitative estimate of drug-likeness (QED) is 0.826. The van der Waals surface area contributed by atoms with Gasteiger partial charge in [-0.2, -0.15) is 0 Å². The first kappa shape index (κ1) is 16.2. The van der Waals surface area contributed by atoms with E-state index in [1.54, 1.807) is 0 Å². The second-order valence-electron chi connectivity index (χ2n) is 7.22. The molecule has 2 fully saturated rings. The van der Waals surface area contributed by atoms with Crippen LogP contribution in [-0.4, -0.2) is 74.4 Å². The summed E-state index contributed by atoms with van der Waals surface area (Å²) in [5.41, 5.74) is 0.226. The van der Waals surface area contributed by atoms with Crippen LogP contribution in [0.3, 0.4) is 0 Å². The molecule has 2 rings (SSSR count). The van der Waals surface area contributed by atoms with Gasteiger partial charge in [0.15, 0.2) is 0 Å². The largest absolute Gasteiger partial charge is 0.379 e. The van der Waals surface area contributed by atoms with Gasteiger partial charge in [0, 0.05) is 31.2 Å². The van der Waals surface area contributed by atoms with Crippen molar-refractivity contribution < 1.29 is 4.74 Å². The first-order chi connectivity index (χ1) is 9.49. The van der Waals surface area contributed by atoms with Crippen LogP contribution in [0, 0.1) is 5.92 Å². The number of nitrogens with one attached hydrogen (secondary N) is 1. The molecule has 4 nitrogen and oxygen atoms in total. The first-order valence-corrected chi connectivity index (χ1v) is 8.24. The molecular weight excluding hydrogens is 250 g/mol. The van der Waals surface area contributed by atoms with Crippen LogP contribution in [-0.2, 0) is 4.74 Å². The summed E-state index contributed by atoms with van der Waals surface area (Å²) in [6.07, 6.45) is 2.67. The minimum atomic E-state index is 0.226. The molecule has 118 valence electrons. The Morgan fingerprint density at radius 2 is 1.75 bits per heavy atom. The summed E-state index contributed by atoms with van der Waals surface area (Å²) >= 11 is 0. The number of morpholine rings is 1. The Hall–Kier alpha value is -0.160. The van der Waals surface area contributed by atoms with E-state index in [1.165, 1.54) is 25.9 Å². The molecule has 0 radical (unpaired) electrons. The van der Waals surface area contributed by atoms with Gasteiger partial charge in [0.1, 0.15) is 0 Å². The van der Waals surface area contributed by atoms with Crippen LogP contribution in [0.5, 0.6) is 0 Å². The van der Waals surface area contributed by atoms with Crippen LogP contribution in [0.25, 0.3) is 0 Å². The number of hydrogen-bond acceptors (Lipinski definition) is 4. The Morgan fingerprint density at radius 1 is 1.15 bits per heavy atom. The van der Waals surface area contributed by atoms with E-state index in [2.05, 4.69) is 42.9 Å². The summed E-state index contributed by atoms with van der Waals surface area (Å²) in [5, 5.41) is 3.80. The number of nitrogens with zero attached hydrogens (tertiary/aromatic N) is 2. The van der Waals surface area contributed by atoms with Gasteiger partial charge in [0.05, 0.1) is 13.2 Å². The van der Waals surface area contributed by atoms with E-state index in [-0.39, 0.29) is 5.54 Å². The molecular formula is C16H33N3O. The topological polar surface area (TPSA) is 27.7 Å². The molecule has 0 aromatic carbocycles. The monoisotopic (exact) mass is 283 g/mol. The number of rotatable bonds is 5. The Bertz CT molecular complexity index is 281. The van der Waals surface area contributed by atoms with Crippen molar-refractivity contribution in [1.29, 1.82) is 0 Å². The standard InChI is InChI=1S/C16H33N3O/c1-14(15-5-7-18(4)8-6-15)17-13-16(2,3)19-9-11-20-12-10-19/h14-15,17H,5-13H2,1-4H3. The third-order valence-corrected chi connectivity index (χ3v) is 5.19. The van der Waals surface area contributed by atoms with Crippen molar-refractivity contribution in [3.63, 3.8) is 0 Å². The van der Waals surface area contributed by atoms with Crippen molar-refractivity contribution in [1.82, 2.24) is 15.1 Å². The fraction of sp³-hybridized carbons (Fsp3) is 1.00. The fourth-order valence-electron chi connectivity index (χ4n) is 3.39. The lowest BCUT2D eigenvalue weighted by Crippen LogP contribution is -2.56. The predicted molar refractivity (Wildman–Crippen MR) is 84.2 cm³/mol. The van der Waals surface area contributed by atoms with E-state index >= 15 is 0 Å². The maximum Gasteiger partial charge on any atom is 0.0594 e. The van der Waals surface area contributed by atoms with Crippen LogP contribution in [0.2, 0.25) is 0 Å². The van der Waals surface area contributed by atoms with E-state index in [9.17, 15) is 0 Å². The van der Waals surface area contributed by atoms with Gasteiger partial charge in [-0.05, 0) is 59.7 Å². The van der Waals surface area contributed by atoms with Crippen molar-refractivity contribution in [3.05, 3.63) is 0 Å². The Morgan fingerprint density at radius 3 is 2.35 bits per heavy atom. The lowest BCUT2D eigenvalue weighted by atomic mass is 9.90. The molecule has 0 bridgehead atoms. The van der Waals surface area contributed by atoms with Crippen molar-refractivity contribution in [2.75, 3.05) is 53.0 Å². The Kier molecular flexibility index (Phi) is 5.84. The molecule has 2 aliphatic rings. The first-order valence-electron chi connectivity index (χ1n) is 8.24. The van der Waals surface area contributed by atoms with E-state index in [0.717, 1.165) is 38.8 Å². The molecule has 1 N–H and O–H groups in total. The molecule has 0 aromatic heterocycles. The van der Waals surface area contributed by atoms with Gasteiger partial charge in [-0.15, -0.1) is 0 Å². The number of piperidine rings is 1. The maximum absolute atomic E-state index is 5.46. The highest BCUT2D eigenvalue weighted by molar-refractivity contribution is 4.88. The normalized spacial score (nSPS) is 25.8. The Labute approximate surface area is 124 Å². The smallest absolute Gasteiger partial charge is 0.0594 e. The fourth-order valence-corrected chi connectivity index (χ4v) is 3.39. The van der Waals surface area contributed by atoms with Crippen molar-refractivity contribution in [2.45, 2.75) is 45.2 Å². The van der Waals surface area contributed by atoms with E-state index < -0.39 is 0 Å². The molecule has 0 aromatic rings. The molecule has 2 saturated heterocycles. The predicted octanol–water partition coefficient (Wildman–Crippen LogP) is 1.42. The molecule has 1 unspecified atom stereocenters. The van der Waals surface area contributed by atoms with Crippen molar-refractivity contribution in [3.8, 4) is 0 Å². The minimum absolute atomic E-state index is 0.226. The van der Waals surface area contributed by atoms with E-state index in [1.807, 2.05) is 0 Å². The van der Waals surface area contributed by atoms with E-state index in [4.69, 9.17) is 4.74 Å². The van der Waals surface area contributed by atoms with Crippen molar-refractivity contribution >= 4 is 0 Å². The third-order valence-electron chi connectivity index (χ3n) is 5.19. The van der Waals surface area contributed by atoms with Crippen LogP contribution in [0.1, 0.15) is 33.6 Å². The third kappa shape index (κ3) is 4.42. The summed E-state index contributed by atoms with van der Waals surface area (Å²) < 4.78 is 5.46. The molecule has 0 amide bonds. The van der Waals surface area contributed by atoms with Crippen LogP contribution in [0.15, 0.2) is 0 Å². The zero-order chi connectivity index (χ0) is 14.6. The van der Waals surface area contributed by atoms with Crippen LogP contribution < -0.4 is 5.32 Å². The van der Waals surface area contributed by atoms with Gasteiger partial charge in [0.2, 0.25) is 0 Å². The molecule has 2 aliphatic heterocycles. The summed E-state index contributed by atoms with van der Waals surface area (Å²) in [6, 6.07) is 0.629.